The molecule has 1 aliphatic rings. The highest BCUT2D eigenvalue weighted by molar-refractivity contribution is 6.30. The Morgan fingerprint density at radius 2 is 1.74 bits per heavy atom. The Morgan fingerprint density at radius 3 is 2.47 bits per heavy atom. The first kappa shape index (κ1) is 25.2. The number of pyridine rings is 1. The number of halogens is 1. The number of nitrogens with zero attached hydrogens (tertiary/aromatic N) is 2. The number of aryl methyl sites for hydroxylation is 2. The minimum absolute atomic E-state index is 0.0609. The van der Waals surface area contributed by atoms with Crippen LogP contribution < -0.4 is 0 Å². The second-order valence-corrected chi connectivity index (χ2v) is 10.3. The molecule has 2 aromatic carbocycles. The summed E-state index contributed by atoms with van der Waals surface area (Å²) >= 11 is 6.16. The van der Waals surface area contributed by atoms with Gasteiger partial charge in [0, 0.05) is 29.1 Å². The van der Waals surface area contributed by atoms with Gasteiger partial charge in [-0.2, -0.15) is 0 Å². The van der Waals surface area contributed by atoms with Gasteiger partial charge in [-0.15, -0.1) is 0 Å². The molecule has 3 aromatic rings. The lowest BCUT2D eigenvalue weighted by atomic mass is 9.97. The Morgan fingerprint density at radius 1 is 0.971 bits per heavy atom. The van der Waals surface area contributed by atoms with Gasteiger partial charge in [0.05, 0.1) is 17.3 Å². The van der Waals surface area contributed by atoms with Crippen LogP contribution in [0, 0.1) is 13.8 Å². The maximum Gasteiger partial charge on any atom is 0.111 e. The molecule has 0 bridgehead atoms. The van der Waals surface area contributed by atoms with Crippen molar-refractivity contribution in [3.8, 4) is 11.3 Å². The van der Waals surface area contributed by atoms with Crippen LogP contribution in [0.25, 0.3) is 22.2 Å². The second kappa shape index (κ2) is 11.7. The Hall–Kier alpha value is -1.94. The minimum atomic E-state index is 0.0609. The highest BCUT2D eigenvalue weighted by atomic mass is 35.5. The lowest BCUT2D eigenvalue weighted by Gasteiger charge is -2.22. The molecule has 1 aliphatic heterocycles. The highest BCUT2D eigenvalue weighted by Gasteiger charge is 2.34. The van der Waals surface area contributed by atoms with Crippen LogP contribution >= 0.6 is 11.6 Å². The summed E-state index contributed by atoms with van der Waals surface area (Å²) in [4.78, 5) is 7.67. The van der Waals surface area contributed by atoms with E-state index in [0.29, 0.717) is 0 Å². The molecule has 34 heavy (non-hydrogen) atoms. The van der Waals surface area contributed by atoms with Gasteiger partial charge in [-0.05, 0) is 68.5 Å². The Balaban J connectivity index is 1.71. The number of ether oxygens (including phenoxy) is 1. The summed E-state index contributed by atoms with van der Waals surface area (Å²) in [5, 5.41) is 1.97. The van der Waals surface area contributed by atoms with Gasteiger partial charge >= 0.3 is 0 Å². The lowest BCUT2D eigenvalue weighted by molar-refractivity contribution is -0.00733. The first-order valence-corrected chi connectivity index (χ1v) is 13.4. The standard InChI is InChI=1S/C30H39ClN2O/c1-5-7-9-10-11-29-33(16-8-6-2)20-28(34-29)25-19-27(23-12-14-24(31)15-13-23)32-30-22(4)17-21(3)18-26(25)30/h12-15,17-19,28-29H,5-11,16,20H2,1-4H3. The molecule has 182 valence electrons. The average Bonchev–Trinajstić information content (AvgIpc) is 3.23. The number of benzene rings is 2. The van der Waals surface area contributed by atoms with Crippen LogP contribution in [0.2, 0.25) is 5.02 Å². The number of fused-ring (bicyclic) bond motifs is 1. The van der Waals surface area contributed by atoms with Crippen molar-refractivity contribution >= 4 is 22.5 Å². The normalized spacial score (nSPS) is 18.7. The number of unbranched alkanes of at least 4 members (excludes halogenated alkanes) is 4. The molecule has 2 heterocycles. The number of hydrogen-bond acceptors (Lipinski definition) is 3. The molecule has 0 radical (unpaired) electrons. The summed E-state index contributed by atoms with van der Waals surface area (Å²) < 4.78 is 6.81. The molecule has 4 rings (SSSR count). The fourth-order valence-electron chi connectivity index (χ4n) is 5.15. The third-order valence-electron chi connectivity index (χ3n) is 7.00. The van der Waals surface area contributed by atoms with Gasteiger partial charge in [-0.3, -0.25) is 4.90 Å². The van der Waals surface area contributed by atoms with Gasteiger partial charge in [0.25, 0.3) is 0 Å². The van der Waals surface area contributed by atoms with E-state index in [2.05, 4.69) is 62.9 Å². The fraction of sp³-hybridized carbons (Fsp3) is 0.500. The number of hydrogen-bond donors (Lipinski definition) is 0. The third-order valence-corrected chi connectivity index (χ3v) is 7.25. The van der Waals surface area contributed by atoms with Gasteiger partial charge in [-0.1, -0.05) is 74.9 Å². The smallest absolute Gasteiger partial charge is 0.111 e. The summed E-state index contributed by atoms with van der Waals surface area (Å²) in [6.07, 6.45) is 8.91. The zero-order chi connectivity index (χ0) is 24.1. The first-order valence-electron chi connectivity index (χ1n) is 13.1. The molecule has 0 amide bonds. The minimum Gasteiger partial charge on any atom is -0.354 e. The van der Waals surface area contributed by atoms with E-state index >= 15 is 0 Å². The van der Waals surface area contributed by atoms with Crippen molar-refractivity contribution in [2.75, 3.05) is 13.1 Å². The van der Waals surface area contributed by atoms with Crippen LogP contribution in [-0.4, -0.2) is 29.2 Å². The molecular formula is C30H39ClN2O. The maximum atomic E-state index is 6.81. The Labute approximate surface area is 210 Å². The van der Waals surface area contributed by atoms with E-state index in [0.717, 1.165) is 41.3 Å². The van der Waals surface area contributed by atoms with Crippen LogP contribution in [0.3, 0.4) is 0 Å². The van der Waals surface area contributed by atoms with Gasteiger partial charge in [-0.25, -0.2) is 4.98 Å². The van der Waals surface area contributed by atoms with Crippen molar-refractivity contribution in [3.63, 3.8) is 0 Å². The summed E-state index contributed by atoms with van der Waals surface area (Å²) in [6, 6.07) is 14.8. The quantitative estimate of drug-likeness (QED) is 0.272. The largest absolute Gasteiger partial charge is 0.354 e. The molecule has 0 saturated carbocycles. The van der Waals surface area contributed by atoms with E-state index in [1.165, 1.54) is 60.6 Å². The van der Waals surface area contributed by atoms with Crippen molar-refractivity contribution in [2.45, 2.75) is 85.0 Å². The van der Waals surface area contributed by atoms with Crippen molar-refractivity contribution in [3.05, 3.63) is 64.2 Å². The molecule has 0 spiro atoms. The molecule has 1 aromatic heterocycles. The molecule has 1 fully saturated rings. The average molecular weight is 479 g/mol. The summed E-state index contributed by atoms with van der Waals surface area (Å²) in [5.41, 5.74) is 6.89. The van der Waals surface area contributed by atoms with Crippen LogP contribution in [0.5, 0.6) is 0 Å². The van der Waals surface area contributed by atoms with E-state index in [-0.39, 0.29) is 12.3 Å². The molecule has 1 saturated heterocycles. The van der Waals surface area contributed by atoms with Crippen molar-refractivity contribution in [1.82, 2.24) is 9.88 Å². The number of rotatable bonds is 10. The van der Waals surface area contributed by atoms with Gasteiger partial charge in [0.2, 0.25) is 0 Å². The van der Waals surface area contributed by atoms with Crippen LogP contribution in [0.4, 0.5) is 0 Å². The summed E-state index contributed by atoms with van der Waals surface area (Å²) in [6.45, 7) is 10.9. The summed E-state index contributed by atoms with van der Waals surface area (Å²) in [5.74, 6) is 0. The van der Waals surface area contributed by atoms with Crippen LogP contribution in [0.15, 0.2) is 42.5 Å². The van der Waals surface area contributed by atoms with Gasteiger partial charge < -0.3 is 4.74 Å². The first-order chi connectivity index (χ1) is 16.5. The van der Waals surface area contributed by atoms with E-state index in [1.807, 2.05) is 12.1 Å². The fourth-order valence-corrected chi connectivity index (χ4v) is 5.28. The lowest BCUT2D eigenvalue weighted by Crippen LogP contribution is -2.31. The highest BCUT2D eigenvalue weighted by Crippen LogP contribution is 2.38. The Kier molecular flexibility index (Phi) is 8.63. The molecule has 0 aliphatic carbocycles. The van der Waals surface area contributed by atoms with Crippen LogP contribution in [-0.2, 0) is 4.74 Å². The molecule has 2 atom stereocenters. The molecule has 4 heteroatoms. The van der Waals surface area contributed by atoms with Gasteiger partial charge in [0.15, 0.2) is 0 Å². The zero-order valence-electron chi connectivity index (χ0n) is 21.2. The van der Waals surface area contributed by atoms with E-state index < -0.39 is 0 Å². The maximum absolute atomic E-state index is 6.81. The van der Waals surface area contributed by atoms with Crippen molar-refractivity contribution < 1.29 is 4.74 Å². The molecular weight excluding hydrogens is 440 g/mol. The van der Waals surface area contributed by atoms with E-state index in [1.54, 1.807) is 0 Å². The SMILES string of the molecule is CCCCCCC1OC(c2cc(-c3ccc(Cl)cc3)nc3c(C)cc(C)cc23)CN1CCCC. The number of aromatic nitrogens is 1. The van der Waals surface area contributed by atoms with Crippen molar-refractivity contribution in [2.24, 2.45) is 0 Å². The predicted octanol–water partition coefficient (Wildman–Crippen LogP) is 8.64. The van der Waals surface area contributed by atoms with E-state index in [4.69, 9.17) is 21.3 Å². The van der Waals surface area contributed by atoms with Crippen molar-refractivity contribution in [1.29, 1.82) is 0 Å². The molecule has 3 nitrogen and oxygen atoms in total. The van der Waals surface area contributed by atoms with Crippen LogP contribution in [0.1, 0.15) is 81.6 Å². The monoisotopic (exact) mass is 478 g/mol. The Bertz CT molecular complexity index is 1100. The second-order valence-electron chi connectivity index (χ2n) is 9.86. The molecule has 2 unspecified atom stereocenters. The topological polar surface area (TPSA) is 25.4 Å². The predicted molar refractivity (Wildman–Crippen MR) is 145 cm³/mol. The third kappa shape index (κ3) is 5.82. The summed E-state index contributed by atoms with van der Waals surface area (Å²) in [7, 11) is 0. The molecule has 0 N–H and O–H groups in total. The van der Waals surface area contributed by atoms with Gasteiger partial charge in [0.1, 0.15) is 6.23 Å². The van der Waals surface area contributed by atoms with E-state index in [9.17, 15) is 0 Å². The zero-order valence-corrected chi connectivity index (χ0v) is 22.0.